The highest BCUT2D eigenvalue weighted by atomic mass is 35.5. The van der Waals surface area contributed by atoms with Crippen LogP contribution in [0.2, 0.25) is 5.02 Å². The summed E-state index contributed by atoms with van der Waals surface area (Å²) in [5.41, 5.74) is 8.93. The molecule has 15 amide bonds. The maximum atomic E-state index is 15.5. The first-order valence-electron chi connectivity index (χ1n) is 42.4. The lowest BCUT2D eigenvalue weighted by Crippen LogP contribution is -2.61. The zero-order valence-corrected chi connectivity index (χ0v) is 75.0. The number of H-pyrrole nitrogens is 1. The molecule has 35 nitrogen and oxygen atoms in total. The number of carboxylic acids is 1. The third-order valence-corrected chi connectivity index (χ3v) is 22.9. The fraction of sp³-hybridized carbons (Fsp3) is 0.413. The summed E-state index contributed by atoms with van der Waals surface area (Å²) in [5, 5.41) is 58.2. The maximum Gasteiger partial charge on any atom is 0.305 e. The van der Waals surface area contributed by atoms with E-state index in [-0.39, 0.29) is 79.6 Å². The number of phenolic OH excluding ortho intramolecular Hbond substituents is 2. The Morgan fingerprint density at radius 1 is 0.488 bits per heavy atom. The Morgan fingerprint density at radius 2 is 0.953 bits per heavy atom. The first-order chi connectivity index (χ1) is 61.3. The molecular formula is C92H115ClN16O19S. The van der Waals surface area contributed by atoms with E-state index in [1.165, 1.54) is 96.6 Å². The molecule has 11 atom stereocenters. The number of nitrogens with zero attached hydrogens (tertiary/aromatic N) is 4. The lowest BCUT2D eigenvalue weighted by molar-refractivity contribution is -0.151. The number of rotatable bonds is 23. The van der Waals surface area contributed by atoms with Crippen molar-refractivity contribution in [2.45, 2.75) is 172 Å². The van der Waals surface area contributed by atoms with E-state index in [0.717, 1.165) is 31.4 Å². The van der Waals surface area contributed by atoms with Gasteiger partial charge in [0.15, 0.2) is 0 Å². The van der Waals surface area contributed by atoms with Crippen LogP contribution >= 0.6 is 23.4 Å². The minimum Gasteiger partial charge on any atom is -0.508 e. The molecule has 2 heterocycles. The van der Waals surface area contributed by atoms with Crippen LogP contribution in [0.4, 0.5) is 0 Å². The standard InChI is InChI=1S/C92H115ClN16O19S/c1-10-11-29-74-91(127)107(7)50-78(114)98-70(46-80(116)117)87(123)105-81(54(4)5)88(124)102-68(43-59-25-20-26-61(93)39-59)85(121)103-71(42-58-32-36-63(111)37-33-58)89(125)106(6)49-77(113)97-69(45-60-47-95-65-28-19-18-27-64(60)65)86(122)101-67(40-57-30-34-62(110)35-31-57)84(120)100-66(38-53(2)3)83(119)104-73(82(118)96-48-76(94)112)51-129-52-79(115)99-72(41-55-21-14-12-15-22-55)90(126)109(9)75(92(128)108(74)8)44-56-23-16-13-17-24-56/h12-28,30-37,39,47,53-54,66-75,81,95,110-111H,10-11,29,38,40-46,48-52H2,1-9H3,(H2,94,112)(H,96,118)(H,97,113)(H,98,114)(H,99,115)(H,100,120)(H,101,122)(H,102,124)(H,103,121)(H,104,119)(H,105,123)(H,116,117)/t66-,67?,68-,69-,70-,71-,72-,73-,74-,75-,81-/m0/s1. The zero-order chi connectivity index (χ0) is 94.3. The molecule has 1 saturated heterocycles. The number of hydrogen-bond acceptors (Lipinski definition) is 19. The highest BCUT2D eigenvalue weighted by Gasteiger charge is 2.41. The Bertz CT molecular complexity index is 5110. The van der Waals surface area contributed by atoms with Gasteiger partial charge in [-0.1, -0.05) is 174 Å². The molecule has 16 N–H and O–H groups in total. The number of unbranched alkanes of at least 4 members (excludes halogenated alkanes) is 1. The van der Waals surface area contributed by atoms with Crippen molar-refractivity contribution in [3.63, 3.8) is 0 Å². The molecule has 1 fully saturated rings. The van der Waals surface area contributed by atoms with Crippen LogP contribution in [0.25, 0.3) is 10.9 Å². The molecule has 690 valence electrons. The fourth-order valence-corrected chi connectivity index (χ4v) is 15.8. The zero-order valence-electron chi connectivity index (χ0n) is 73.4. The quantitative estimate of drug-likeness (QED) is 0.0438. The smallest absolute Gasteiger partial charge is 0.305 e. The summed E-state index contributed by atoms with van der Waals surface area (Å²) in [6.45, 7) is 6.06. The molecule has 1 aromatic heterocycles. The van der Waals surface area contributed by atoms with Gasteiger partial charge in [0.1, 0.15) is 78.0 Å². The highest BCUT2D eigenvalue weighted by molar-refractivity contribution is 8.00. The number of nitrogens with one attached hydrogen (secondary N) is 11. The minimum absolute atomic E-state index is 0.0233. The van der Waals surface area contributed by atoms with Crippen molar-refractivity contribution in [3.05, 3.63) is 202 Å². The van der Waals surface area contributed by atoms with Crippen molar-refractivity contribution in [1.29, 1.82) is 0 Å². The first-order valence-corrected chi connectivity index (χ1v) is 43.9. The number of carboxylic acid groups (broad SMARTS) is 1. The number of aliphatic carboxylic acids is 1. The predicted octanol–water partition coefficient (Wildman–Crippen LogP) is 2.64. The van der Waals surface area contributed by atoms with Crippen molar-refractivity contribution in [2.24, 2.45) is 17.6 Å². The van der Waals surface area contributed by atoms with Gasteiger partial charge in [0.2, 0.25) is 88.6 Å². The molecule has 1 unspecified atom stereocenters. The van der Waals surface area contributed by atoms with Crippen LogP contribution in [0.1, 0.15) is 100 Å². The third-order valence-electron chi connectivity index (χ3n) is 21.7. The van der Waals surface area contributed by atoms with Gasteiger partial charge < -0.3 is 98.8 Å². The molecule has 6 aromatic carbocycles. The molecule has 0 radical (unpaired) electrons. The number of primary amides is 1. The number of aromatic hydroxyl groups is 2. The van der Waals surface area contributed by atoms with Crippen LogP contribution in [0.3, 0.4) is 0 Å². The lowest BCUT2D eigenvalue weighted by Gasteiger charge is -2.37. The molecule has 7 aromatic rings. The van der Waals surface area contributed by atoms with Gasteiger partial charge in [0, 0.05) is 94.6 Å². The van der Waals surface area contributed by atoms with Crippen LogP contribution in [-0.4, -0.2) is 260 Å². The second-order valence-corrected chi connectivity index (χ2v) is 34.3. The largest absolute Gasteiger partial charge is 0.508 e. The monoisotopic (exact) mass is 1810 g/mol. The molecule has 1 aliphatic rings. The number of likely N-dealkylation sites (N-methyl/N-ethyl adjacent to an activating group) is 4. The van der Waals surface area contributed by atoms with Gasteiger partial charge in [0.05, 0.1) is 31.8 Å². The maximum absolute atomic E-state index is 15.5. The number of halogens is 1. The van der Waals surface area contributed by atoms with Crippen molar-refractivity contribution < 1.29 is 92.0 Å². The van der Waals surface area contributed by atoms with E-state index in [4.69, 9.17) is 17.3 Å². The number of phenols is 2. The SMILES string of the molecule is CCCC[C@H]1C(=O)N(C)CC(=O)N[C@@H](CC(=O)O)C(=O)N[C@@H](C(C)C)C(=O)N[C@@H](Cc2cccc(Cl)c2)C(=O)N[C@@H](Cc2ccc(O)cc2)C(=O)N(C)CC(=O)N[C@@H](Cc2c[nH]c3ccccc23)C(=O)NC(Cc2ccc(O)cc2)C(=O)N[C@@H](CC(C)C)C(=O)N[C@H](C(=O)NCC(N)=O)CSCC(=O)N[C@@H](Cc2ccccc2)C(=O)N(C)[C@@H](Cc2ccccc2)C(=O)N1C. The van der Waals surface area contributed by atoms with Crippen molar-refractivity contribution in [3.8, 4) is 11.5 Å². The van der Waals surface area contributed by atoms with E-state index in [0.29, 0.717) is 57.1 Å². The predicted molar refractivity (Wildman–Crippen MR) is 482 cm³/mol. The fourth-order valence-electron chi connectivity index (χ4n) is 14.7. The Hall–Kier alpha value is -13.4. The van der Waals surface area contributed by atoms with E-state index in [1.54, 1.807) is 123 Å². The van der Waals surface area contributed by atoms with Gasteiger partial charge in [0.25, 0.3) is 0 Å². The normalized spacial score (nSPS) is 21.8. The summed E-state index contributed by atoms with van der Waals surface area (Å²) < 4.78 is 0. The Morgan fingerprint density at radius 3 is 1.51 bits per heavy atom. The molecule has 0 spiro atoms. The van der Waals surface area contributed by atoms with Gasteiger partial charge in [-0.2, -0.15) is 0 Å². The van der Waals surface area contributed by atoms with Crippen LogP contribution in [0.15, 0.2) is 164 Å². The minimum atomic E-state index is -1.92. The summed E-state index contributed by atoms with van der Waals surface area (Å²) in [5.74, 6) is -17.8. The molecule has 0 saturated carbocycles. The van der Waals surface area contributed by atoms with E-state index < -0.39 is 199 Å². The van der Waals surface area contributed by atoms with Crippen molar-refractivity contribution in [2.75, 3.05) is 59.3 Å². The van der Waals surface area contributed by atoms with E-state index in [9.17, 15) is 63.3 Å². The number of aromatic nitrogens is 1. The Balaban J connectivity index is 1.21. The van der Waals surface area contributed by atoms with Gasteiger partial charge in [-0.15, -0.1) is 11.8 Å². The number of hydrogen-bond donors (Lipinski definition) is 15. The second-order valence-electron chi connectivity index (χ2n) is 32.8. The van der Waals surface area contributed by atoms with Crippen molar-refractivity contribution in [1.82, 2.24) is 77.8 Å². The summed E-state index contributed by atoms with van der Waals surface area (Å²) in [6, 6.07) is 24.6. The van der Waals surface area contributed by atoms with Crippen LogP contribution in [0.5, 0.6) is 11.5 Å². The third kappa shape index (κ3) is 31.3. The summed E-state index contributed by atoms with van der Waals surface area (Å²) >= 11 is 7.30. The van der Waals surface area contributed by atoms with Gasteiger partial charge in [-0.25, -0.2) is 0 Å². The number of benzene rings is 6. The topological polar surface area (TPSA) is 509 Å². The number of fused-ring (bicyclic) bond motifs is 1. The number of nitrogens with two attached hydrogens (primary N) is 1. The molecule has 8 rings (SSSR count). The number of thioether (sulfide) groups is 1. The van der Waals surface area contributed by atoms with Gasteiger partial charge in [-0.05, 0) is 101 Å². The second kappa shape index (κ2) is 49.1. The summed E-state index contributed by atoms with van der Waals surface area (Å²) in [4.78, 5) is 241. The van der Waals surface area contributed by atoms with Gasteiger partial charge in [-0.3, -0.25) is 76.7 Å². The summed E-state index contributed by atoms with van der Waals surface area (Å²) in [6.07, 6.45) is -0.112. The van der Waals surface area contributed by atoms with Crippen LogP contribution < -0.4 is 58.9 Å². The molecule has 0 aliphatic carbocycles. The van der Waals surface area contributed by atoms with Crippen molar-refractivity contribution >= 4 is 129 Å². The molecule has 37 heteroatoms. The Kier molecular flexibility index (Phi) is 38.4. The molecular weight excluding hydrogens is 1700 g/mol. The van der Waals surface area contributed by atoms with E-state index >= 15 is 28.8 Å². The average molecular weight is 1820 g/mol. The van der Waals surface area contributed by atoms with E-state index in [2.05, 4.69) is 58.2 Å². The molecule has 129 heavy (non-hydrogen) atoms. The Labute approximate surface area is 757 Å². The average Bonchev–Trinajstić information content (AvgIpc) is 1.77. The van der Waals surface area contributed by atoms with Crippen LogP contribution in [0, 0.1) is 11.8 Å². The summed E-state index contributed by atoms with van der Waals surface area (Å²) in [7, 11) is 5.21. The number of carbonyl (C=O) groups excluding carboxylic acids is 15. The van der Waals surface area contributed by atoms with Crippen LogP contribution in [-0.2, 0) is 115 Å². The number of aromatic amines is 1. The highest BCUT2D eigenvalue weighted by Crippen LogP contribution is 2.24. The van der Waals surface area contributed by atoms with Gasteiger partial charge >= 0.3 is 5.97 Å². The van der Waals surface area contributed by atoms with E-state index in [1.807, 2.05) is 6.92 Å². The number of amides is 15. The first kappa shape index (κ1) is 101. The molecule has 0 bridgehead atoms. The molecule has 1 aliphatic heterocycles. The number of carbonyl (C=O) groups is 16. The lowest BCUT2D eigenvalue weighted by atomic mass is 9.99. The number of para-hydroxylation sites is 1.